The summed E-state index contributed by atoms with van der Waals surface area (Å²) in [6, 6.07) is 72.7. The normalized spacial score (nSPS) is 11.8. The number of anilines is 3. The molecule has 0 aromatic heterocycles. The van der Waals surface area contributed by atoms with Crippen LogP contribution < -0.4 is 4.90 Å². The van der Waals surface area contributed by atoms with Crippen LogP contribution in [0.15, 0.2) is 200 Å². The van der Waals surface area contributed by atoms with E-state index in [1.807, 2.05) is 30.3 Å². The third-order valence-electron chi connectivity index (χ3n) is 12.2. The second-order valence-corrected chi connectivity index (χ2v) is 17.2. The molecule has 0 fully saturated rings. The molecule has 9 aromatic rings. The van der Waals surface area contributed by atoms with Crippen molar-refractivity contribution >= 4 is 27.8 Å². The highest BCUT2D eigenvalue weighted by molar-refractivity contribution is 6.10. The van der Waals surface area contributed by atoms with Crippen molar-refractivity contribution in [3.05, 3.63) is 245 Å². The Morgan fingerprint density at radius 1 is 0.413 bits per heavy atom. The summed E-state index contributed by atoms with van der Waals surface area (Å²) in [6.45, 7) is 15.4. The lowest BCUT2D eigenvalue weighted by atomic mass is 9.81. The van der Waals surface area contributed by atoms with Crippen molar-refractivity contribution in [2.75, 3.05) is 4.90 Å². The average Bonchev–Trinajstić information content (AvgIpc) is 3.53. The lowest BCUT2D eigenvalue weighted by Crippen LogP contribution is -2.17. The molecule has 0 aliphatic heterocycles. The van der Waals surface area contributed by atoms with Gasteiger partial charge in [-0.2, -0.15) is 5.26 Å². The number of benzene rings is 9. The summed E-state index contributed by atoms with van der Waals surface area (Å²) >= 11 is 0. The number of rotatable bonds is 5. The van der Waals surface area contributed by atoms with Crippen LogP contribution in [0.25, 0.3) is 44.2 Å². The fourth-order valence-corrected chi connectivity index (χ4v) is 9.03. The summed E-state index contributed by atoms with van der Waals surface area (Å²) in [5.74, 6) is 0. The zero-order chi connectivity index (χ0) is 44.1. The Morgan fingerprint density at radius 3 is 1.68 bits per heavy atom. The van der Waals surface area contributed by atoms with E-state index in [0.717, 1.165) is 17.1 Å². The van der Waals surface area contributed by atoms with Crippen LogP contribution in [-0.4, -0.2) is 0 Å². The van der Waals surface area contributed by atoms with Gasteiger partial charge in [0.05, 0.1) is 17.3 Å². The molecule has 0 bridgehead atoms. The molecule has 0 saturated carbocycles. The van der Waals surface area contributed by atoms with Gasteiger partial charge >= 0.3 is 0 Å². The molecule has 0 spiro atoms. The largest absolute Gasteiger partial charge is 0.310 e. The Balaban J connectivity index is 0.000000159. The molecule has 0 radical (unpaired) electrons. The van der Waals surface area contributed by atoms with Gasteiger partial charge in [0.25, 0.3) is 0 Å². The highest BCUT2D eigenvalue weighted by atomic mass is 15.1. The predicted molar refractivity (Wildman–Crippen MR) is 268 cm³/mol. The molecule has 1 aliphatic carbocycles. The van der Waals surface area contributed by atoms with Gasteiger partial charge in [0.15, 0.2) is 0 Å². The highest BCUT2D eigenvalue weighted by Gasteiger charge is 2.38. The first-order valence-corrected chi connectivity index (χ1v) is 21.8. The molecule has 10 rings (SSSR count). The van der Waals surface area contributed by atoms with Gasteiger partial charge in [-0.1, -0.05) is 194 Å². The molecule has 2 nitrogen and oxygen atoms in total. The van der Waals surface area contributed by atoms with Gasteiger partial charge in [-0.15, -0.1) is 0 Å². The first-order valence-electron chi connectivity index (χ1n) is 21.8. The van der Waals surface area contributed by atoms with E-state index in [9.17, 15) is 5.26 Å². The second kappa shape index (κ2) is 18.3. The highest BCUT2D eigenvalue weighted by Crippen LogP contribution is 2.54. The van der Waals surface area contributed by atoms with Crippen LogP contribution in [0.2, 0.25) is 0 Å². The molecule has 63 heavy (non-hydrogen) atoms. The number of nitrogens with zero attached hydrogens (tertiary/aromatic N) is 2. The summed E-state index contributed by atoms with van der Waals surface area (Å²) in [4.78, 5) is 2.29. The quantitative estimate of drug-likeness (QED) is 0.173. The van der Waals surface area contributed by atoms with Crippen molar-refractivity contribution < 1.29 is 0 Å². The van der Waals surface area contributed by atoms with Gasteiger partial charge in [-0.3, -0.25) is 0 Å². The van der Waals surface area contributed by atoms with E-state index in [0.29, 0.717) is 5.56 Å². The fourth-order valence-electron chi connectivity index (χ4n) is 9.03. The molecule has 0 unspecified atom stereocenters. The van der Waals surface area contributed by atoms with Gasteiger partial charge in [-0.05, 0) is 132 Å². The fraction of sp³-hybridized carbons (Fsp3) is 0.131. The Kier molecular flexibility index (Phi) is 12.2. The van der Waals surface area contributed by atoms with Gasteiger partial charge in [-0.25, -0.2) is 0 Å². The zero-order valence-electron chi connectivity index (χ0n) is 37.4. The van der Waals surface area contributed by atoms with E-state index in [1.165, 1.54) is 83.1 Å². The minimum Gasteiger partial charge on any atom is -0.310 e. The average molecular weight is 815 g/mol. The first-order chi connectivity index (χ1) is 30.5. The second-order valence-electron chi connectivity index (χ2n) is 17.2. The predicted octanol–water partition coefficient (Wildman–Crippen LogP) is 16.7. The minimum absolute atomic E-state index is 0.119. The Hall–Kier alpha value is -7.47. The molecular weight excluding hydrogens is 761 g/mol. The van der Waals surface area contributed by atoms with Crippen LogP contribution in [-0.2, 0) is 5.41 Å². The van der Waals surface area contributed by atoms with Gasteiger partial charge in [0.2, 0.25) is 0 Å². The number of aryl methyl sites for hydroxylation is 5. The number of nitriles is 1. The Bertz CT molecular complexity index is 3100. The van der Waals surface area contributed by atoms with Crippen LogP contribution >= 0.6 is 0 Å². The minimum atomic E-state index is -0.119. The Morgan fingerprint density at radius 2 is 0.984 bits per heavy atom. The van der Waals surface area contributed by atoms with Crippen molar-refractivity contribution in [2.24, 2.45) is 0 Å². The van der Waals surface area contributed by atoms with Crippen molar-refractivity contribution in [2.45, 2.75) is 53.9 Å². The SMILES string of the molecule is Cc1ccc(-c2ccccc2C)c(C)c1.Cc1ccc2c(c1)C(C)(C)c1cc(N(c3ccccc3)c3cccc(C#N)c3)c3ccccc3c1-2.Cc1cccc(-c2ccccc2)c1. The lowest BCUT2D eigenvalue weighted by molar-refractivity contribution is 0.660. The van der Waals surface area contributed by atoms with E-state index < -0.39 is 0 Å². The van der Waals surface area contributed by atoms with Crippen molar-refractivity contribution in [3.8, 4) is 39.4 Å². The Labute approximate surface area is 374 Å². The first kappa shape index (κ1) is 42.2. The molecule has 0 heterocycles. The van der Waals surface area contributed by atoms with Gasteiger partial charge in [0, 0.05) is 22.2 Å². The summed E-state index contributed by atoms with van der Waals surface area (Å²) in [5.41, 5.74) is 21.0. The van der Waals surface area contributed by atoms with E-state index in [4.69, 9.17) is 0 Å². The van der Waals surface area contributed by atoms with E-state index in [1.54, 1.807) is 0 Å². The molecule has 9 aromatic carbocycles. The van der Waals surface area contributed by atoms with Crippen molar-refractivity contribution in [3.63, 3.8) is 0 Å². The number of hydrogen-bond acceptors (Lipinski definition) is 2. The maximum absolute atomic E-state index is 9.61. The summed E-state index contributed by atoms with van der Waals surface area (Å²) in [5, 5.41) is 12.1. The summed E-state index contributed by atoms with van der Waals surface area (Å²) in [6.07, 6.45) is 0. The number of para-hydroxylation sites is 1. The van der Waals surface area contributed by atoms with Crippen LogP contribution in [0, 0.1) is 45.9 Å². The maximum Gasteiger partial charge on any atom is 0.0992 e. The molecule has 0 N–H and O–H groups in total. The smallest absolute Gasteiger partial charge is 0.0992 e. The topological polar surface area (TPSA) is 27.0 Å². The maximum atomic E-state index is 9.61. The monoisotopic (exact) mass is 814 g/mol. The van der Waals surface area contributed by atoms with Crippen molar-refractivity contribution in [1.82, 2.24) is 0 Å². The third-order valence-corrected chi connectivity index (χ3v) is 12.2. The van der Waals surface area contributed by atoms with Gasteiger partial charge < -0.3 is 4.90 Å². The molecule has 1 aliphatic rings. The third kappa shape index (κ3) is 8.83. The summed E-state index contributed by atoms with van der Waals surface area (Å²) < 4.78 is 0. The molecular formula is C61H54N2. The van der Waals surface area contributed by atoms with Crippen LogP contribution in [0.4, 0.5) is 17.1 Å². The molecule has 0 atom stereocenters. The van der Waals surface area contributed by atoms with Gasteiger partial charge in [0.1, 0.15) is 0 Å². The van der Waals surface area contributed by atoms with Crippen LogP contribution in [0.1, 0.15) is 58.4 Å². The zero-order valence-corrected chi connectivity index (χ0v) is 37.4. The number of fused-ring (bicyclic) bond motifs is 5. The van der Waals surface area contributed by atoms with Crippen LogP contribution in [0.3, 0.4) is 0 Å². The van der Waals surface area contributed by atoms with E-state index in [-0.39, 0.29) is 5.41 Å². The van der Waals surface area contributed by atoms with Crippen LogP contribution in [0.5, 0.6) is 0 Å². The summed E-state index contributed by atoms with van der Waals surface area (Å²) in [7, 11) is 0. The molecule has 308 valence electrons. The van der Waals surface area contributed by atoms with E-state index >= 15 is 0 Å². The standard InChI is InChI=1S/C33H26N2.C15H16.C13H12/c1-22-16-17-28-29(18-22)33(2,3)30-20-31(26-14-7-8-15-27(26)32(28)30)35(24-11-5-4-6-12-24)25-13-9-10-23(19-25)21-34;1-11-8-9-15(13(3)10-11)14-7-5-4-6-12(14)2;1-11-6-5-9-13(10-11)12-7-3-2-4-8-12/h4-20H,1-3H3;4-10H,1-3H3;2-10H,1H3. The molecule has 0 saturated heterocycles. The number of hydrogen-bond donors (Lipinski definition) is 0. The molecule has 2 heteroatoms. The van der Waals surface area contributed by atoms with Crippen molar-refractivity contribution in [1.29, 1.82) is 5.26 Å². The van der Waals surface area contributed by atoms with E-state index in [2.05, 4.69) is 229 Å². The molecule has 0 amide bonds. The lowest BCUT2D eigenvalue weighted by Gasteiger charge is -2.30.